The zero-order valence-corrected chi connectivity index (χ0v) is 16.2. The van der Waals surface area contributed by atoms with Gasteiger partial charge in [-0.25, -0.2) is 15.0 Å². The summed E-state index contributed by atoms with van der Waals surface area (Å²) in [5, 5.41) is 0. The molecule has 9 heteroatoms. The third-order valence-electron chi connectivity index (χ3n) is 7.47. The number of nitrogen functional groups attached to an aromatic ring is 1. The molecule has 0 radical (unpaired) electrons. The fraction of sp³-hybridized carbons (Fsp3) is 0.600. The van der Waals surface area contributed by atoms with E-state index in [-0.39, 0.29) is 5.95 Å². The number of ether oxygens (including phenoxy) is 1. The van der Waals surface area contributed by atoms with Crippen molar-refractivity contribution in [3.63, 3.8) is 0 Å². The van der Waals surface area contributed by atoms with E-state index in [0.29, 0.717) is 24.2 Å². The zero-order valence-electron chi connectivity index (χ0n) is 16.2. The molecule has 1 unspecified atom stereocenters. The van der Waals surface area contributed by atoms with Crippen molar-refractivity contribution in [3.05, 3.63) is 18.5 Å². The normalized spacial score (nSPS) is 32.8. The van der Waals surface area contributed by atoms with Gasteiger partial charge >= 0.3 is 0 Å². The quantitative estimate of drug-likeness (QED) is 0.792. The molecule has 0 aromatic carbocycles. The summed E-state index contributed by atoms with van der Waals surface area (Å²) >= 11 is 0. The molecule has 2 aromatic heterocycles. The van der Waals surface area contributed by atoms with E-state index >= 15 is 0 Å². The van der Waals surface area contributed by atoms with Crippen LogP contribution >= 0.6 is 0 Å². The summed E-state index contributed by atoms with van der Waals surface area (Å²) in [6, 6.07) is 4.52. The van der Waals surface area contributed by atoms with E-state index in [9.17, 15) is 0 Å². The molecule has 7 heterocycles. The number of aromatic nitrogens is 4. The van der Waals surface area contributed by atoms with Gasteiger partial charge in [-0.3, -0.25) is 4.90 Å². The maximum atomic E-state index is 5.68. The van der Waals surface area contributed by atoms with Gasteiger partial charge in [0.2, 0.25) is 11.9 Å². The predicted molar refractivity (Wildman–Crippen MR) is 108 cm³/mol. The Morgan fingerprint density at radius 3 is 2.38 bits per heavy atom. The summed E-state index contributed by atoms with van der Waals surface area (Å²) in [5.41, 5.74) is 7.44. The van der Waals surface area contributed by atoms with Crippen LogP contribution in [-0.2, 0) is 4.74 Å². The second-order valence-electron chi connectivity index (χ2n) is 9.06. The molecule has 2 aromatic rings. The van der Waals surface area contributed by atoms with E-state index in [1.54, 1.807) is 12.4 Å². The average molecular weight is 392 g/mol. The lowest BCUT2D eigenvalue weighted by atomic mass is 9.83. The smallest absolute Gasteiger partial charge is 0.228 e. The number of likely N-dealkylation sites (tertiary alicyclic amines) is 1. The van der Waals surface area contributed by atoms with Crippen molar-refractivity contribution >= 4 is 17.7 Å². The highest BCUT2D eigenvalue weighted by Crippen LogP contribution is 2.44. The van der Waals surface area contributed by atoms with Crippen LogP contribution in [0.3, 0.4) is 0 Å². The third-order valence-corrected chi connectivity index (χ3v) is 7.47. The van der Waals surface area contributed by atoms with Crippen LogP contribution in [0.15, 0.2) is 18.5 Å². The minimum absolute atomic E-state index is 0.281. The van der Waals surface area contributed by atoms with Crippen molar-refractivity contribution in [1.82, 2.24) is 24.8 Å². The van der Waals surface area contributed by atoms with Crippen molar-refractivity contribution in [2.24, 2.45) is 5.92 Å². The Labute approximate surface area is 168 Å². The molecular weight excluding hydrogens is 368 g/mol. The monoisotopic (exact) mass is 392 g/mol. The highest BCUT2D eigenvalue weighted by Gasteiger charge is 2.55. The van der Waals surface area contributed by atoms with Crippen molar-refractivity contribution in [2.75, 3.05) is 48.4 Å². The molecule has 5 saturated heterocycles. The number of piperazine rings is 1. The molecule has 1 aliphatic carbocycles. The number of fused-ring (bicyclic) bond motifs is 2. The van der Waals surface area contributed by atoms with Gasteiger partial charge in [-0.1, -0.05) is 0 Å². The van der Waals surface area contributed by atoms with Crippen molar-refractivity contribution in [3.8, 4) is 11.3 Å². The molecule has 5 aliphatic heterocycles. The lowest BCUT2D eigenvalue weighted by molar-refractivity contribution is -0.132. The second-order valence-corrected chi connectivity index (χ2v) is 9.06. The standard InChI is InChI=1S/C20H24N8O/c21-19-22-4-12(5-23-19)15-3-18(25-20(24-15)27-6-11-1-13(27)2-11)28-8-16-17(28)7-26(16)14-9-29-10-14/h3-5,11,13-14,16-17H,1-2,6-10H2,(H2,21,22,23)/t11?,13?,16?,17-/m1/s1. The van der Waals surface area contributed by atoms with Crippen LogP contribution in [0, 0.1) is 5.92 Å². The van der Waals surface area contributed by atoms with Crippen molar-refractivity contribution in [2.45, 2.75) is 37.0 Å². The first kappa shape index (κ1) is 16.3. The van der Waals surface area contributed by atoms with Gasteiger partial charge in [0.15, 0.2) is 0 Å². The molecule has 1 saturated carbocycles. The van der Waals surface area contributed by atoms with Gasteiger partial charge in [0.1, 0.15) is 5.82 Å². The Balaban J connectivity index is 1.21. The SMILES string of the molecule is Nc1ncc(-c2cc(N3CC4[C@H]3CN4C3COC3)nc(N3CC4CC3C4)n2)cn1. The number of hydrogen-bond donors (Lipinski definition) is 1. The highest BCUT2D eigenvalue weighted by atomic mass is 16.5. The molecule has 6 fully saturated rings. The van der Waals surface area contributed by atoms with Gasteiger partial charge < -0.3 is 20.3 Å². The van der Waals surface area contributed by atoms with Crippen molar-refractivity contribution < 1.29 is 4.74 Å². The number of anilines is 3. The molecule has 8 rings (SSSR count). The van der Waals surface area contributed by atoms with Crippen LogP contribution in [0.4, 0.5) is 17.7 Å². The lowest BCUT2D eigenvalue weighted by Gasteiger charge is -2.65. The summed E-state index contributed by atoms with van der Waals surface area (Å²) < 4.78 is 5.37. The van der Waals surface area contributed by atoms with E-state index < -0.39 is 0 Å². The number of hydrogen-bond acceptors (Lipinski definition) is 9. The Morgan fingerprint density at radius 2 is 1.76 bits per heavy atom. The highest BCUT2D eigenvalue weighted by molar-refractivity contribution is 5.66. The maximum Gasteiger partial charge on any atom is 0.228 e. The number of rotatable bonds is 4. The van der Waals surface area contributed by atoms with E-state index in [4.69, 9.17) is 20.4 Å². The molecule has 0 spiro atoms. The van der Waals surface area contributed by atoms with Gasteiger partial charge in [-0.15, -0.1) is 0 Å². The number of nitrogens with two attached hydrogens (primary N) is 1. The minimum Gasteiger partial charge on any atom is -0.378 e. The van der Waals surface area contributed by atoms with Crippen LogP contribution in [-0.4, -0.2) is 81.9 Å². The van der Waals surface area contributed by atoms with Crippen LogP contribution in [0.5, 0.6) is 0 Å². The first-order chi connectivity index (χ1) is 14.2. The Kier molecular flexibility index (Phi) is 3.24. The summed E-state index contributed by atoms with van der Waals surface area (Å²) in [7, 11) is 0. The summed E-state index contributed by atoms with van der Waals surface area (Å²) in [6.07, 6.45) is 6.06. The molecule has 9 nitrogen and oxygen atoms in total. The molecule has 0 amide bonds. The second kappa shape index (κ2) is 5.76. The Hall–Kier alpha value is -2.52. The largest absolute Gasteiger partial charge is 0.378 e. The van der Waals surface area contributed by atoms with Crippen LogP contribution in [0.25, 0.3) is 11.3 Å². The van der Waals surface area contributed by atoms with E-state index in [2.05, 4.69) is 30.7 Å². The van der Waals surface area contributed by atoms with E-state index in [1.807, 2.05) is 0 Å². The van der Waals surface area contributed by atoms with Crippen LogP contribution in [0.1, 0.15) is 12.8 Å². The van der Waals surface area contributed by atoms with Crippen molar-refractivity contribution in [1.29, 1.82) is 0 Å². The first-order valence-corrected chi connectivity index (χ1v) is 10.6. The molecule has 29 heavy (non-hydrogen) atoms. The number of nitrogens with zero attached hydrogens (tertiary/aromatic N) is 7. The van der Waals surface area contributed by atoms with E-state index in [1.165, 1.54) is 12.8 Å². The summed E-state index contributed by atoms with van der Waals surface area (Å²) in [6.45, 7) is 4.99. The first-order valence-electron chi connectivity index (χ1n) is 10.6. The summed E-state index contributed by atoms with van der Waals surface area (Å²) in [5.74, 6) is 2.97. The topological polar surface area (TPSA) is 96.5 Å². The predicted octanol–water partition coefficient (Wildman–Crippen LogP) is 0.386. The van der Waals surface area contributed by atoms with Gasteiger partial charge in [0.25, 0.3) is 0 Å². The van der Waals surface area contributed by atoms with Crippen LogP contribution < -0.4 is 15.5 Å². The fourth-order valence-corrected chi connectivity index (χ4v) is 5.48. The zero-order chi connectivity index (χ0) is 19.1. The van der Waals surface area contributed by atoms with Gasteiger partial charge in [-0.05, 0) is 18.8 Å². The lowest BCUT2D eigenvalue weighted by Crippen LogP contribution is -2.82. The molecule has 6 aliphatic rings. The molecule has 2 bridgehead atoms. The van der Waals surface area contributed by atoms with Gasteiger partial charge in [0, 0.05) is 55.7 Å². The fourth-order valence-electron chi connectivity index (χ4n) is 5.48. The maximum absolute atomic E-state index is 5.68. The Bertz CT molecular complexity index is 957. The van der Waals surface area contributed by atoms with Crippen LogP contribution in [0.2, 0.25) is 0 Å². The molecular formula is C20H24N8O. The summed E-state index contributed by atoms with van der Waals surface area (Å²) in [4.78, 5) is 25.7. The third kappa shape index (κ3) is 2.34. The molecule has 2 N–H and O–H groups in total. The van der Waals surface area contributed by atoms with Gasteiger partial charge in [-0.2, -0.15) is 4.98 Å². The van der Waals surface area contributed by atoms with E-state index in [0.717, 1.165) is 61.8 Å². The van der Waals surface area contributed by atoms with Gasteiger partial charge in [0.05, 0.1) is 31.0 Å². The Morgan fingerprint density at radius 1 is 0.931 bits per heavy atom. The molecule has 150 valence electrons. The minimum atomic E-state index is 0.281. The molecule has 2 atom stereocenters. The average Bonchev–Trinajstić information content (AvgIpc) is 3.25.